The molecule has 4 aromatic rings. The Kier molecular flexibility index (Phi) is 4.66. The molecule has 0 amide bonds. The van der Waals surface area contributed by atoms with E-state index in [0.29, 0.717) is 4.83 Å². The fourth-order valence-electron chi connectivity index (χ4n) is 4.18. The van der Waals surface area contributed by atoms with Crippen molar-refractivity contribution in [3.05, 3.63) is 29.5 Å². The van der Waals surface area contributed by atoms with Crippen LogP contribution >= 0.6 is 11.3 Å². The molecule has 0 saturated carbocycles. The molecule has 1 saturated heterocycles. The average molecular weight is 417 g/mol. The SMILES string of the molecule is Cc1cc(C(F)F)nc2sc3c(ncn4nc([C@H](C)CN5CCCCC5)nc34)c12. The molecule has 1 atom stereocenters. The molecule has 9 heteroatoms. The normalized spacial score (nSPS) is 17.1. The fraction of sp³-hybridized carbons (Fsp3) is 0.500. The van der Waals surface area contributed by atoms with E-state index in [1.807, 2.05) is 6.92 Å². The number of piperidine rings is 1. The molecule has 0 N–H and O–H groups in total. The first kappa shape index (κ1) is 18.7. The van der Waals surface area contributed by atoms with Crippen molar-refractivity contribution in [3.63, 3.8) is 0 Å². The lowest BCUT2D eigenvalue weighted by Gasteiger charge is -2.28. The monoisotopic (exact) mass is 416 g/mol. The van der Waals surface area contributed by atoms with Gasteiger partial charge < -0.3 is 4.90 Å². The molecule has 1 fully saturated rings. The first-order valence-electron chi connectivity index (χ1n) is 9.97. The van der Waals surface area contributed by atoms with Gasteiger partial charge >= 0.3 is 0 Å². The van der Waals surface area contributed by atoms with E-state index in [2.05, 4.69) is 26.9 Å². The molecule has 0 spiro atoms. The van der Waals surface area contributed by atoms with Crippen LogP contribution in [0.4, 0.5) is 8.78 Å². The van der Waals surface area contributed by atoms with Gasteiger partial charge in [0.2, 0.25) is 0 Å². The number of halogens is 2. The highest BCUT2D eigenvalue weighted by Gasteiger charge is 2.22. The topological polar surface area (TPSA) is 59.2 Å². The number of hydrogen-bond acceptors (Lipinski definition) is 6. The minimum atomic E-state index is -2.59. The van der Waals surface area contributed by atoms with E-state index in [9.17, 15) is 8.78 Å². The summed E-state index contributed by atoms with van der Waals surface area (Å²) in [6.07, 6.45) is 2.89. The van der Waals surface area contributed by atoms with Gasteiger partial charge in [-0.25, -0.2) is 28.2 Å². The Balaban J connectivity index is 1.58. The van der Waals surface area contributed by atoms with Gasteiger partial charge in [0.15, 0.2) is 11.5 Å². The van der Waals surface area contributed by atoms with Gasteiger partial charge in [-0.1, -0.05) is 13.3 Å². The van der Waals surface area contributed by atoms with Gasteiger partial charge in [-0.05, 0) is 44.5 Å². The standard InChI is InChI=1S/C20H22F2N6S/c1-11-8-13(17(21)22)24-20-14(11)15-16(29-20)19-25-18(26-28(19)10-23-15)12(2)9-27-6-4-3-5-7-27/h8,10,12,17H,3-7,9H2,1-2H3/t12-/m1/s1. The van der Waals surface area contributed by atoms with Crippen molar-refractivity contribution in [1.82, 2.24) is 29.5 Å². The number of aromatic nitrogens is 5. The van der Waals surface area contributed by atoms with Crippen LogP contribution in [0.2, 0.25) is 0 Å². The van der Waals surface area contributed by atoms with Crippen molar-refractivity contribution in [3.8, 4) is 0 Å². The lowest BCUT2D eigenvalue weighted by atomic mass is 10.1. The van der Waals surface area contributed by atoms with Crippen LogP contribution in [0.15, 0.2) is 12.4 Å². The molecule has 0 aliphatic carbocycles. The third kappa shape index (κ3) is 3.26. The Hall–Kier alpha value is -2.26. The van der Waals surface area contributed by atoms with Gasteiger partial charge in [-0.15, -0.1) is 16.4 Å². The first-order valence-corrected chi connectivity index (χ1v) is 10.8. The summed E-state index contributed by atoms with van der Waals surface area (Å²) in [4.78, 5) is 16.6. The second kappa shape index (κ2) is 7.21. The predicted octanol–water partition coefficient (Wildman–Crippen LogP) is 4.72. The number of fused-ring (bicyclic) bond motifs is 5. The maximum atomic E-state index is 13.2. The summed E-state index contributed by atoms with van der Waals surface area (Å²) < 4.78 is 28.9. The molecule has 0 radical (unpaired) electrons. The minimum absolute atomic E-state index is 0.199. The number of nitrogens with zero attached hydrogens (tertiary/aromatic N) is 6. The van der Waals surface area contributed by atoms with E-state index >= 15 is 0 Å². The second-order valence-electron chi connectivity index (χ2n) is 7.87. The van der Waals surface area contributed by atoms with Crippen molar-refractivity contribution in [2.75, 3.05) is 19.6 Å². The van der Waals surface area contributed by atoms with Crippen LogP contribution in [0.25, 0.3) is 26.1 Å². The van der Waals surface area contributed by atoms with Crippen LogP contribution in [0.5, 0.6) is 0 Å². The van der Waals surface area contributed by atoms with Crippen molar-refractivity contribution in [2.24, 2.45) is 0 Å². The van der Waals surface area contributed by atoms with Crippen LogP contribution < -0.4 is 0 Å². The molecule has 0 bridgehead atoms. The number of aryl methyl sites for hydroxylation is 1. The quantitative estimate of drug-likeness (QED) is 0.482. The van der Waals surface area contributed by atoms with Crippen LogP contribution in [0, 0.1) is 6.92 Å². The summed E-state index contributed by atoms with van der Waals surface area (Å²) in [6.45, 7) is 7.19. The van der Waals surface area contributed by atoms with Gasteiger partial charge in [0.25, 0.3) is 6.43 Å². The number of pyridine rings is 1. The van der Waals surface area contributed by atoms with E-state index < -0.39 is 6.43 Å². The summed E-state index contributed by atoms with van der Waals surface area (Å²) in [6, 6.07) is 1.45. The Bertz CT molecular complexity index is 1190. The number of thiophene rings is 1. The molecule has 5 heterocycles. The lowest BCUT2D eigenvalue weighted by molar-refractivity contribution is 0.146. The zero-order valence-electron chi connectivity index (χ0n) is 16.4. The Morgan fingerprint density at radius 1 is 1.17 bits per heavy atom. The Morgan fingerprint density at radius 2 is 1.97 bits per heavy atom. The summed E-state index contributed by atoms with van der Waals surface area (Å²) in [5, 5.41) is 5.47. The molecule has 29 heavy (non-hydrogen) atoms. The smallest absolute Gasteiger partial charge is 0.280 e. The molecule has 5 rings (SSSR count). The molecule has 152 valence electrons. The maximum absolute atomic E-state index is 13.2. The van der Waals surface area contributed by atoms with E-state index in [1.165, 1.54) is 36.7 Å². The Morgan fingerprint density at radius 3 is 2.72 bits per heavy atom. The molecule has 1 aliphatic heterocycles. The molecule has 0 unspecified atom stereocenters. The third-order valence-corrected chi connectivity index (χ3v) is 6.71. The van der Waals surface area contributed by atoms with Crippen LogP contribution in [0.1, 0.15) is 55.6 Å². The predicted molar refractivity (Wildman–Crippen MR) is 110 cm³/mol. The summed E-state index contributed by atoms with van der Waals surface area (Å²) in [7, 11) is 0. The highest BCUT2D eigenvalue weighted by atomic mass is 32.1. The highest BCUT2D eigenvalue weighted by Crippen LogP contribution is 2.37. The number of likely N-dealkylation sites (tertiary alicyclic amines) is 1. The van der Waals surface area contributed by atoms with Gasteiger partial charge in [0.05, 0.1) is 5.52 Å². The van der Waals surface area contributed by atoms with Crippen LogP contribution in [0.3, 0.4) is 0 Å². The van der Waals surface area contributed by atoms with Crippen molar-refractivity contribution in [1.29, 1.82) is 0 Å². The zero-order chi connectivity index (χ0) is 20.1. The fourth-order valence-corrected chi connectivity index (χ4v) is 5.37. The lowest BCUT2D eigenvalue weighted by Crippen LogP contribution is -2.33. The largest absolute Gasteiger partial charge is 0.303 e. The van der Waals surface area contributed by atoms with Gasteiger partial charge in [0, 0.05) is 17.8 Å². The molecular weight excluding hydrogens is 394 g/mol. The maximum Gasteiger partial charge on any atom is 0.280 e. The van der Waals surface area contributed by atoms with E-state index in [1.54, 1.807) is 10.8 Å². The summed E-state index contributed by atoms with van der Waals surface area (Å²) in [5.74, 6) is 1.00. The first-order chi connectivity index (χ1) is 14.0. The average Bonchev–Trinajstić information content (AvgIpc) is 3.30. The zero-order valence-corrected chi connectivity index (χ0v) is 17.2. The molecule has 4 aromatic heterocycles. The van der Waals surface area contributed by atoms with Crippen molar-refractivity contribution >= 4 is 37.4 Å². The Labute approximate surface area is 170 Å². The summed E-state index contributed by atoms with van der Waals surface area (Å²) in [5.41, 5.74) is 2.03. The van der Waals surface area contributed by atoms with E-state index in [-0.39, 0.29) is 11.6 Å². The van der Waals surface area contributed by atoms with Crippen LogP contribution in [-0.2, 0) is 0 Å². The van der Waals surface area contributed by atoms with E-state index in [4.69, 9.17) is 4.98 Å². The van der Waals surface area contributed by atoms with Crippen LogP contribution in [-0.4, -0.2) is 49.1 Å². The minimum Gasteiger partial charge on any atom is -0.303 e. The number of hydrogen-bond donors (Lipinski definition) is 0. The van der Waals surface area contributed by atoms with Crippen molar-refractivity contribution in [2.45, 2.75) is 45.5 Å². The van der Waals surface area contributed by atoms with Gasteiger partial charge in [-0.3, -0.25) is 0 Å². The van der Waals surface area contributed by atoms with Gasteiger partial charge in [0.1, 0.15) is 21.6 Å². The number of alkyl halides is 2. The van der Waals surface area contributed by atoms with Crippen molar-refractivity contribution < 1.29 is 8.78 Å². The molecular formula is C20H22F2N6S. The highest BCUT2D eigenvalue weighted by molar-refractivity contribution is 7.26. The van der Waals surface area contributed by atoms with Gasteiger partial charge in [-0.2, -0.15) is 0 Å². The third-order valence-electron chi connectivity index (χ3n) is 5.65. The molecule has 1 aliphatic rings. The second-order valence-corrected chi connectivity index (χ2v) is 8.87. The molecule has 6 nitrogen and oxygen atoms in total. The number of rotatable bonds is 4. The molecule has 0 aromatic carbocycles. The summed E-state index contributed by atoms with van der Waals surface area (Å²) >= 11 is 1.36. The van der Waals surface area contributed by atoms with E-state index in [0.717, 1.165) is 52.3 Å².